The lowest BCUT2D eigenvalue weighted by molar-refractivity contribution is 0.0245. The molecular formula is C10H14N2O. The summed E-state index contributed by atoms with van der Waals surface area (Å²) in [6.45, 7) is 0. The van der Waals surface area contributed by atoms with Crippen molar-refractivity contribution in [1.29, 1.82) is 0 Å². The molecule has 1 aliphatic rings. The van der Waals surface area contributed by atoms with Gasteiger partial charge in [0.25, 0.3) is 0 Å². The second kappa shape index (κ2) is 3.34. The minimum absolute atomic E-state index is 0.125. The molecule has 1 aliphatic carbocycles. The second-order valence-electron chi connectivity index (χ2n) is 3.66. The number of aliphatic hydroxyl groups excluding tert-OH is 1. The lowest BCUT2D eigenvalue weighted by atomic mass is 9.78. The maximum absolute atomic E-state index is 9.40. The molecule has 1 saturated carbocycles. The van der Waals surface area contributed by atoms with Crippen molar-refractivity contribution in [2.45, 2.75) is 25.4 Å². The predicted molar refractivity (Wildman–Crippen MR) is 51.1 cm³/mol. The molecule has 1 heterocycles. The van der Waals surface area contributed by atoms with Crippen LogP contribution in [0.25, 0.3) is 0 Å². The fraction of sp³-hybridized carbons (Fsp3) is 0.500. The molecule has 0 aromatic carbocycles. The number of hydrogen-bond donors (Lipinski definition) is 2. The van der Waals surface area contributed by atoms with Gasteiger partial charge in [0.15, 0.2) is 0 Å². The Hall–Kier alpha value is -1.09. The SMILES string of the molecule is Nc1ncccc1CC1CCC1O. The summed E-state index contributed by atoms with van der Waals surface area (Å²) >= 11 is 0. The van der Waals surface area contributed by atoms with Crippen molar-refractivity contribution < 1.29 is 5.11 Å². The zero-order chi connectivity index (χ0) is 9.26. The first-order chi connectivity index (χ1) is 6.27. The predicted octanol–water partition coefficient (Wildman–Crippen LogP) is 0.977. The van der Waals surface area contributed by atoms with E-state index in [4.69, 9.17) is 5.73 Å². The van der Waals surface area contributed by atoms with E-state index in [0.29, 0.717) is 11.7 Å². The molecule has 0 radical (unpaired) electrons. The molecule has 13 heavy (non-hydrogen) atoms. The van der Waals surface area contributed by atoms with E-state index < -0.39 is 0 Å². The number of nitrogen functional groups attached to an aromatic ring is 1. The first kappa shape index (κ1) is 8.51. The first-order valence-electron chi connectivity index (χ1n) is 4.65. The summed E-state index contributed by atoms with van der Waals surface area (Å²) in [5.41, 5.74) is 6.76. The smallest absolute Gasteiger partial charge is 0.126 e. The number of anilines is 1. The highest BCUT2D eigenvalue weighted by atomic mass is 16.3. The summed E-state index contributed by atoms with van der Waals surface area (Å²) in [5.74, 6) is 0.994. The van der Waals surface area contributed by atoms with Crippen LogP contribution in [0.15, 0.2) is 18.3 Å². The van der Waals surface area contributed by atoms with Crippen molar-refractivity contribution in [3.05, 3.63) is 23.9 Å². The van der Waals surface area contributed by atoms with E-state index in [1.54, 1.807) is 6.20 Å². The van der Waals surface area contributed by atoms with Crippen LogP contribution < -0.4 is 5.73 Å². The summed E-state index contributed by atoms with van der Waals surface area (Å²) < 4.78 is 0. The molecule has 0 bridgehead atoms. The number of hydrogen-bond acceptors (Lipinski definition) is 3. The molecule has 1 fully saturated rings. The summed E-state index contributed by atoms with van der Waals surface area (Å²) in [7, 11) is 0. The molecule has 2 rings (SSSR count). The van der Waals surface area contributed by atoms with Crippen LogP contribution in [0.2, 0.25) is 0 Å². The summed E-state index contributed by atoms with van der Waals surface area (Å²) in [5, 5.41) is 9.40. The standard InChI is InChI=1S/C10H14N2O/c11-10-8(2-1-5-12-10)6-7-3-4-9(7)13/h1-2,5,7,9,13H,3-4,6H2,(H2,11,12). The molecule has 1 aromatic rings. The molecule has 2 unspecified atom stereocenters. The normalized spacial score (nSPS) is 26.8. The average Bonchev–Trinajstić information content (AvgIpc) is 2.14. The Morgan fingerprint density at radius 2 is 2.38 bits per heavy atom. The maximum Gasteiger partial charge on any atom is 0.126 e. The van der Waals surface area contributed by atoms with Crippen molar-refractivity contribution in [1.82, 2.24) is 4.98 Å². The average molecular weight is 178 g/mol. The van der Waals surface area contributed by atoms with E-state index in [-0.39, 0.29) is 6.10 Å². The zero-order valence-corrected chi connectivity index (χ0v) is 7.48. The van der Waals surface area contributed by atoms with Gasteiger partial charge in [-0.3, -0.25) is 0 Å². The number of nitrogens with two attached hydrogens (primary N) is 1. The fourth-order valence-electron chi connectivity index (χ4n) is 1.70. The van der Waals surface area contributed by atoms with Crippen LogP contribution >= 0.6 is 0 Å². The summed E-state index contributed by atoms with van der Waals surface area (Å²) in [6, 6.07) is 3.87. The molecule has 3 heteroatoms. The van der Waals surface area contributed by atoms with E-state index >= 15 is 0 Å². The van der Waals surface area contributed by atoms with Gasteiger partial charge >= 0.3 is 0 Å². The highest BCUT2D eigenvalue weighted by molar-refractivity contribution is 5.38. The Balaban J connectivity index is 2.05. The number of rotatable bonds is 2. The highest BCUT2D eigenvalue weighted by Crippen LogP contribution is 2.31. The van der Waals surface area contributed by atoms with E-state index in [1.165, 1.54) is 0 Å². The Kier molecular flexibility index (Phi) is 2.19. The molecule has 0 saturated heterocycles. The zero-order valence-electron chi connectivity index (χ0n) is 7.48. The number of pyridine rings is 1. The van der Waals surface area contributed by atoms with Gasteiger partial charge in [-0.05, 0) is 36.8 Å². The van der Waals surface area contributed by atoms with Crippen LogP contribution in [0.5, 0.6) is 0 Å². The third-order valence-corrected chi connectivity index (χ3v) is 2.79. The number of aromatic nitrogens is 1. The maximum atomic E-state index is 9.40. The molecule has 3 N–H and O–H groups in total. The highest BCUT2D eigenvalue weighted by Gasteiger charge is 2.29. The van der Waals surface area contributed by atoms with Crippen LogP contribution in [0.1, 0.15) is 18.4 Å². The lowest BCUT2D eigenvalue weighted by Crippen LogP contribution is -2.32. The van der Waals surface area contributed by atoms with Crippen LogP contribution in [-0.2, 0) is 6.42 Å². The van der Waals surface area contributed by atoms with Gasteiger partial charge in [-0.25, -0.2) is 4.98 Å². The molecule has 0 amide bonds. The van der Waals surface area contributed by atoms with Crippen molar-refractivity contribution in [2.75, 3.05) is 5.73 Å². The molecule has 1 aromatic heterocycles. The van der Waals surface area contributed by atoms with Gasteiger partial charge in [-0.15, -0.1) is 0 Å². The van der Waals surface area contributed by atoms with E-state index in [2.05, 4.69) is 4.98 Å². The number of nitrogens with zero attached hydrogens (tertiary/aromatic N) is 1. The van der Waals surface area contributed by atoms with Gasteiger partial charge in [0.05, 0.1) is 6.10 Å². The number of aliphatic hydroxyl groups is 1. The quantitative estimate of drug-likeness (QED) is 0.709. The monoisotopic (exact) mass is 178 g/mol. The van der Waals surface area contributed by atoms with Gasteiger partial charge in [0, 0.05) is 6.20 Å². The van der Waals surface area contributed by atoms with Gasteiger partial charge in [-0.2, -0.15) is 0 Å². The first-order valence-corrected chi connectivity index (χ1v) is 4.65. The molecule has 3 nitrogen and oxygen atoms in total. The van der Waals surface area contributed by atoms with Gasteiger partial charge < -0.3 is 10.8 Å². The van der Waals surface area contributed by atoms with Crippen LogP contribution in [0, 0.1) is 5.92 Å². The molecule has 70 valence electrons. The van der Waals surface area contributed by atoms with Crippen molar-refractivity contribution in [3.63, 3.8) is 0 Å². The van der Waals surface area contributed by atoms with E-state index in [9.17, 15) is 5.11 Å². The summed E-state index contributed by atoms with van der Waals surface area (Å²) in [6.07, 6.45) is 4.47. The Bertz CT molecular complexity index is 301. The Morgan fingerprint density at radius 1 is 1.54 bits per heavy atom. The fourth-order valence-corrected chi connectivity index (χ4v) is 1.70. The largest absolute Gasteiger partial charge is 0.393 e. The molecule has 0 spiro atoms. The van der Waals surface area contributed by atoms with Crippen LogP contribution in [0.3, 0.4) is 0 Å². The van der Waals surface area contributed by atoms with Gasteiger partial charge in [-0.1, -0.05) is 6.07 Å². The Labute approximate surface area is 77.6 Å². The molecule has 2 atom stereocenters. The third-order valence-electron chi connectivity index (χ3n) is 2.79. The van der Waals surface area contributed by atoms with Crippen LogP contribution in [-0.4, -0.2) is 16.2 Å². The Morgan fingerprint density at radius 3 is 2.92 bits per heavy atom. The molecule has 0 aliphatic heterocycles. The third kappa shape index (κ3) is 1.65. The van der Waals surface area contributed by atoms with Gasteiger partial charge in [0.2, 0.25) is 0 Å². The van der Waals surface area contributed by atoms with E-state index in [1.807, 2.05) is 12.1 Å². The van der Waals surface area contributed by atoms with Crippen molar-refractivity contribution >= 4 is 5.82 Å². The van der Waals surface area contributed by atoms with Crippen molar-refractivity contribution in [2.24, 2.45) is 5.92 Å². The topological polar surface area (TPSA) is 59.1 Å². The van der Waals surface area contributed by atoms with Gasteiger partial charge in [0.1, 0.15) is 5.82 Å². The minimum atomic E-state index is -0.125. The lowest BCUT2D eigenvalue weighted by Gasteiger charge is -2.32. The second-order valence-corrected chi connectivity index (χ2v) is 3.66. The minimum Gasteiger partial charge on any atom is -0.393 e. The van der Waals surface area contributed by atoms with Crippen LogP contribution in [0.4, 0.5) is 5.82 Å². The van der Waals surface area contributed by atoms with E-state index in [0.717, 1.165) is 24.8 Å². The summed E-state index contributed by atoms with van der Waals surface area (Å²) in [4.78, 5) is 4.01. The molecular weight excluding hydrogens is 164 g/mol. The van der Waals surface area contributed by atoms with Crippen molar-refractivity contribution in [3.8, 4) is 0 Å².